The zero-order valence-electron chi connectivity index (χ0n) is 21.6. The van der Waals surface area contributed by atoms with E-state index in [0.29, 0.717) is 20.0 Å². The normalized spacial score (nSPS) is 13.0. The van der Waals surface area contributed by atoms with Gasteiger partial charge in [-0.1, -0.05) is 23.7 Å². The summed E-state index contributed by atoms with van der Waals surface area (Å²) in [6, 6.07) is 9.07. The van der Waals surface area contributed by atoms with Gasteiger partial charge in [0.1, 0.15) is 6.54 Å². The predicted octanol–water partition coefficient (Wildman–Crippen LogP) is 1.51. The molecule has 1 atom stereocenters. The van der Waals surface area contributed by atoms with E-state index >= 15 is 0 Å². The van der Waals surface area contributed by atoms with Gasteiger partial charge in [-0.25, -0.2) is 19.1 Å². The van der Waals surface area contributed by atoms with Crippen LogP contribution in [0, 0.1) is 0 Å². The molecule has 44 heavy (non-hydrogen) atoms. The van der Waals surface area contributed by atoms with Crippen molar-refractivity contribution in [1.29, 1.82) is 0 Å². The molecule has 2 N–H and O–H groups in total. The first-order chi connectivity index (χ1) is 19.8. The Kier molecular flexibility index (Phi) is 10.4. The third kappa shape index (κ3) is 8.06. The van der Waals surface area contributed by atoms with Gasteiger partial charge in [-0.15, -0.1) is 10.2 Å². The van der Waals surface area contributed by atoms with Crippen LogP contribution in [-0.2, 0) is 28.4 Å². The van der Waals surface area contributed by atoms with Crippen molar-refractivity contribution in [3.05, 3.63) is 81.3 Å². The first-order valence-corrected chi connectivity index (χ1v) is 13.3. The maximum Gasteiger partial charge on any atom is 2.00 e. The zero-order valence-corrected chi connectivity index (χ0v) is 24.7. The van der Waals surface area contributed by atoms with Crippen LogP contribution in [0.15, 0.2) is 53.3 Å². The topological polar surface area (TPSA) is 186 Å². The van der Waals surface area contributed by atoms with E-state index in [1.54, 1.807) is 0 Å². The molecule has 0 spiro atoms. The van der Waals surface area contributed by atoms with Gasteiger partial charge in [0.25, 0.3) is 5.91 Å². The number of primary amides is 1. The van der Waals surface area contributed by atoms with E-state index < -0.39 is 79.7 Å². The van der Waals surface area contributed by atoms with Crippen LogP contribution < -0.4 is 21.2 Å². The van der Waals surface area contributed by atoms with E-state index in [9.17, 15) is 50.3 Å². The zero-order chi connectivity index (χ0) is 31.9. The van der Waals surface area contributed by atoms with Gasteiger partial charge in [0.05, 0.1) is 25.6 Å². The Morgan fingerprint density at radius 1 is 1.05 bits per heavy atom. The molecule has 4 rings (SSSR count). The van der Waals surface area contributed by atoms with E-state index in [2.05, 4.69) is 19.7 Å². The van der Waals surface area contributed by atoms with Gasteiger partial charge < -0.3 is 24.6 Å². The Morgan fingerprint density at radius 2 is 1.66 bits per heavy atom. The van der Waals surface area contributed by atoms with E-state index in [4.69, 9.17) is 17.3 Å². The maximum atomic E-state index is 13.6. The standard InChI is InChI=1S/C22H17ClF6N7O6P.Mg/c23-12-7-5-11(6-8-12)18-33-35(20(38)34(18)9-15(22(27,28)29)42-43(39,40)41)10-16-31-19(17(30)37)36(32-16)14-4-2-1-3-13(14)21(24,25)26;/h1-8,15H,9-10H2,(H2,30,37)(H2,39,40,41);/q;+2/p-2/t15-;/m0./s1. The van der Waals surface area contributed by atoms with Crippen molar-refractivity contribution in [2.24, 2.45) is 5.73 Å². The van der Waals surface area contributed by atoms with Gasteiger partial charge in [-0.05, 0) is 36.4 Å². The van der Waals surface area contributed by atoms with Crippen LogP contribution in [0.2, 0.25) is 5.02 Å². The number of carbonyl (C=O) groups is 1. The second-order valence-electron chi connectivity index (χ2n) is 8.61. The van der Waals surface area contributed by atoms with Crippen LogP contribution in [-0.4, -0.2) is 70.4 Å². The summed E-state index contributed by atoms with van der Waals surface area (Å²) in [4.78, 5) is 51.0. The molecule has 2 aromatic heterocycles. The summed E-state index contributed by atoms with van der Waals surface area (Å²) in [7, 11) is -6.20. The van der Waals surface area contributed by atoms with Crippen LogP contribution in [0.1, 0.15) is 22.0 Å². The van der Waals surface area contributed by atoms with Crippen LogP contribution in [0.25, 0.3) is 17.1 Å². The summed E-state index contributed by atoms with van der Waals surface area (Å²) in [5.41, 5.74) is 2.08. The van der Waals surface area contributed by atoms with Gasteiger partial charge in [0.2, 0.25) is 5.82 Å². The average molecular weight is 678 g/mol. The molecule has 0 aliphatic rings. The van der Waals surface area contributed by atoms with Crippen molar-refractivity contribution in [2.45, 2.75) is 31.5 Å². The van der Waals surface area contributed by atoms with Gasteiger partial charge in [-0.2, -0.15) is 26.3 Å². The number of benzene rings is 2. The third-order valence-electron chi connectivity index (χ3n) is 5.60. The number of para-hydroxylation sites is 1. The van der Waals surface area contributed by atoms with Crippen molar-refractivity contribution in [3.63, 3.8) is 0 Å². The number of amides is 1. The average Bonchev–Trinajstić information content (AvgIpc) is 3.44. The molecule has 13 nitrogen and oxygen atoms in total. The second-order valence-corrected chi connectivity index (χ2v) is 10.1. The summed E-state index contributed by atoms with van der Waals surface area (Å²) >= 11 is 5.84. The third-order valence-corrected chi connectivity index (χ3v) is 6.36. The molecule has 0 aliphatic heterocycles. The fourth-order valence-electron chi connectivity index (χ4n) is 3.82. The molecule has 1 amide bonds. The van der Waals surface area contributed by atoms with Gasteiger partial charge in [0, 0.05) is 10.6 Å². The number of phosphoric acid groups is 1. The minimum atomic E-state index is -6.20. The van der Waals surface area contributed by atoms with Crippen LogP contribution in [0.3, 0.4) is 0 Å². The van der Waals surface area contributed by atoms with E-state index in [0.717, 1.165) is 12.1 Å². The molecule has 0 unspecified atom stereocenters. The SMILES string of the molecule is NC(=O)c1nc(Cn2nc(-c3ccc(Cl)cc3)n(C[C@H](OP(=O)([O-])[O-])C(F)(F)F)c2=O)nn1-c1ccccc1C(F)(F)F.[Mg+2]. The number of halogens is 7. The number of alkyl halides is 6. The fraction of sp³-hybridized carbons (Fsp3) is 0.227. The number of carbonyl (C=O) groups excluding carboxylic acids is 1. The van der Waals surface area contributed by atoms with Crippen molar-refractivity contribution >= 4 is 48.4 Å². The minimum absolute atomic E-state index is 0. The van der Waals surface area contributed by atoms with Crippen LogP contribution in [0.5, 0.6) is 0 Å². The first kappa shape index (κ1) is 35.2. The summed E-state index contributed by atoms with van der Waals surface area (Å²) in [5, 5.41) is 7.97. The number of nitrogens with two attached hydrogens (primary N) is 1. The summed E-state index contributed by atoms with van der Waals surface area (Å²) in [5.74, 6) is -3.07. The summed E-state index contributed by atoms with van der Waals surface area (Å²) < 4.78 is 97.5. The van der Waals surface area contributed by atoms with Gasteiger partial charge in [0.15, 0.2) is 17.8 Å². The molecule has 0 radical (unpaired) electrons. The van der Waals surface area contributed by atoms with Crippen molar-refractivity contribution in [3.8, 4) is 17.1 Å². The van der Waals surface area contributed by atoms with Gasteiger partial charge in [-0.3, -0.25) is 9.36 Å². The van der Waals surface area contributed by atoms with Crippen molar-refractivity contribution < 1.29 is 50.0 Å². The Hall–Kier alpha value is -3.26. The Bertz CT molecular complexity index is 1770. The Labute approximate surface area is 262 Å². The van der Waals surface area contributed by atoms with Crippen molar-refractivity contribution in [2.75, 3.05) is 0 Å². The van der Waals surface area contributed by atoms with Gasteiger partial charge >= 0.3 is 41.1 Å². The molecule has 0 bridgehead atoms. The molecule has 22 heteroatoms. The monoisotopic (exact) mass is 677 g/mol. The van der Waals surface area contributed by atoms with Crippen molar-refractivity contribution in [1.82, 2.24) is 29.1 Å². The molecular formula is C22H15ClF6MgN7O6P. The predicted molar refractivity (Wildman–Crippen MR) is 135 cm³/mol. The maximum absolute atomic E-state index is 13.6. The number of hydrogen-bond acceptors (Lipinski definition) is 9. The Morgan fingerprint density at radius 3 is 2.20 bits per heavy atom. The molecule has 2 heterocycles. The second kappa shape index (κ2) is 13.0. The number of aromatic nitrogens is 6. The van der Waals surface area contributed by atoms with E-state index in [1.807, 2.05) is 0 Å². The Balaban J connectivity index is 0.00000529. The number of nitrogens with zero attached hydrogens (tertiary/aromatic N) is 6. The smallest absolute Gasteiger partial charge is 0.790 e. The molecular weight excluding hydrogens is 663 g/mol. The number of rotatable bonds is 9. The summed E-state index contributed by atoms with van der Waals surface area (Å²) in [6.07, 6.45) is -13.6. The molecule has 0 saturated heterocycles. The first-order valence-electron chi connectivity index (χ1n) is 11.5. The summed E-state index contributed by atoms with van der Waals surface area (Å²) in [6.45, 7) is -2.37. The molecule has 2 aromatic carbocycles. The van der Waals surface area contributed by atoms with Crippen LogP contribution in [0.4, 0.5) is 26.3 Å². The largest absolute Gasteiger partial charge is 2.00 e. The number of phosphoric ester groups is 1. The molecule has 0 saturated carbocycles. The van der Waals surface area contributed by atoms with E-state index in [-0.39, 0.29) is 33.6 Å². The minimum Gasteiger partial charge on any atom is -0.790 e. The quantitative estimate of drug-likeness (QED) is 0.156. The molecule has 4 aromatic rings. The molecule has 0 aliphatic carbocycles. The van der Waals surface area contributed by atoms with E-state index in [1.165, 1.54) is 30.3 Å². The molecule has 0 fully saturated rings. The molecule has 230 valence electrons. The number of hydrogen-bond donors (Lipinski definition) is 1. The fourth-order valence-corrected chi connectivity index (χ4v) is 4.44. The van der Waals surface area contributed by atoms with Crippen LogP contribution >= 0.6 is 19.4 Å².